The van der Waals surface area contributed by atoms with E-state index in [2.05, 4.69) is 11.1 Å². The third-order valence-corrected chi connectivity index (χ3v) is 1.90. The van der Waals surface area contributed by atoms with Gasteiger partial charge in [0.05, 0.1) is 0 Å². The monoisotopic (exact) mass is 462 g/mol. The standard InChI is InChI=1S/C11H8N.C2HF3O2.Ir/c1-2-6-10(7-3-1)11-8-4-5-9-12-11;3-2(4,5)1(6)7;/h1-6,8-9H;(H,6,7);/q-1;;/p+1. The van der Waals surface area contributed by atoms with Crippen molar-refractivity contribution in [2.24, 2.45) is 0 Å². The van der Waals surface area contributed by atoms with Crippen LogP contribution in [-0.4, -0.2) is 27.0 Å². The van der Waals surface area contributed by atoms with Crippen molar-refractivity contribution < 1.29 is 43.2 Å². The maximum absolute atomic E-state index is 10.6. The van der Waals surface area contributed by atoms with E-state index in [1.54, 1.807) is 6.20 Å². The normalized spacial score (nSPS) is 9.75. The molecule has 0 aliphatic rings. The van der Waals surface area contributed by atoms with Gasteiger partial charge in [-0.1, -0.05) is 12.1 Å². The van der Waals surface area contributed by atoms with E-state index in [4.69, 9.17) is 9.90 Å². The maximum atomic E-state index is 10.6. The number of alkyl halides is 3. The molecule has 0 atom stereocenters. The minimum atomic E-state index is -4.97. The predicted octanol–water partition coefficient (Wildman–Crippen LogP) is 3.16. The summed E-state index contributed by atoms with van der Waals surface area (Å²) in [6.07, 6.45) is -3.18. The van der Waals surface area contributed by atoms with Crippen LogP contribution in [0.2, 0.25) is 0 Å². The molecule has 0 unspecified atom stereocenters. The Morgan fingerprint density at radius 1 is 1.15 bits per heavy atom. The van der Waals surface area contributed by atoms with Crippen LogP contribution in [0.25, 0.3) is 11.3 Å². The van der Waals surface area contributed by atoms with Crippen molar-refractivity contribution in [3.63, 3.8) is 0 Å². The summed E-state index contributed by atoms with van der Waals surface area (Å²) in [5.74, 6) is -2.51. The topological polar surface area (TPSA) is 54.5 Å². The van der Waals surface area contributed by atoms with Crippen LogP contribution in [0.4, 0.5) is 13.2 Å². The van der Waals surface area contributed by atoms with E-state index in [9.17, 15) is 13.2 Å². The number of carboxylic acids is 1. The number of hydrogen-bond acceptors (Lipinski definition) is 1. The Labute approximate surface area is 126 Å². The minimum absolute atomic E-state index is 0. The van der Waals surface area contributed by atoms with Gasteiger partial charge >= 0.3 is 12.1 Å². The van der Waals surface area contributed by atoms with Crippen LogP contribution < -0.4 is 0 Å². The molecule has 0 aliphatic heterocycles. The van der Waals surface area contributed by atoms with Crippen LogP contribution in [0.3, 0.4) is 0 Å². The van der Waals surface area contributed by atoms with Crippen molar-refractivity contribution in [3.05, 3.63) is 54.7 Å². The molecule has 0 bridgehead atoms. The van der Waals surface area contributed by atoms with Crippen LogP contribution in [0, 0.1) is 6.07 Å². The zero-order valence-electron chi connectivity index (χ0n) is 9.93. The average molecular weight is 461 g/mol. The molecule has 0 saturated heterocycles. The molecule has 1 radical (unpaired) electrons. The van der Waals surface area contributed by atoms with Gasteiger partial charge in [0, 0.05) is 26.3 Å². The molecule has 0 amide bonds. The van der Waals surface area contributed by atoms with E-state index >= 15 is 0 Å². The summed E-state index contributed by atoms with van der Waals surface area (Å²) in [6.45, 7) is 0. The SMILES string of the molecule is OC(=[OH+])C(F)(F)F.[Ir].[c-]1ccccc1-c1ccccn1. The second-order valence-corrected chi connectivity index (χ2v) is 3.31. The molecule has 2 rings (SSSR count). The molecule has 20 heavy (non-hydrogen) atoms. The molecule has 109 valence electrons. The smallest absolute Gasteiger partial charge is 0.332 e. The van der Waals surface area contributed by atoms with E-state index in [0.29, 0.717) is 0 Å². The van der Waals surface area contributed by atoms with Gasteiger partial charge in [0.15, 0.2) is 0 Å². The average Bonchev–Trinajstić information content (AvgIpc) is 2.40. The molecule has 1 aromatic heterocycles. The summed E-state index contributed by atoms with van der Waals surface area (Å²) in [4.78, 5) is 11.5. The van der Waals surface area contributed by atoms with Gasteiger partial charge in [-0.3, -0.25) is 0 Å². The number of halogens is 3. The number of carboxylic acid groups (broad SMARTS) is 1. The van der Waals surface area contributed by atoms with Crippen molar-refractivity contribution in [3.8, 4) is 11.3 Å². The van der Waals surface area contributed by atoms with Gasteiger partial charge in [-0.25, -0.2) is 0 Å². The van der Waals surface area contributed by atoms with Crippen molar-refractivity contribution in [1.82, 2.24) is 4.98 Å². The van der Waals surface area contributed by atoms with Crippen molar-refractivity contribution in [1.29, 1.82) is 0 Å². The third kappa shape index (κ3) is 6.45. The molecule has 0 saturated carbocycles. The maximum Gasteiger partial charge on any atom is 0.591 e. The third-order valence-electron chi connectivity index (χ3n) is 1.90. The zero-order chi connectivity index (χ0) is 14.3. The summed E-state index contributed by atoms with van der Waals surface area (Å²) < 4.78 is 31.9. The van der Waals surface area contributed by atoms with Crippen LogP contribution in [0.15, 0.2) is 48.7 Å². The fraction of sp³-hybridized carbons (Fsp3) is 0.0769. The molecule has 3 nitrogen and oxygen atoms in total. The Balaban J connectivity index is 0.000000396. The fourth-order valence-electron chi connectivity index (χ4n) is 1.07. The first kappa shape index (κ1) is 18.3. The molecular formula is C13H10F3IrNO2. The van der Waals surface area contributed by atoms with Gasteiger partial charge in [-0.15, -0.1) is 35.9 Å². The first-order chi connectivity index (χ1) is 8.91. The molecule has 0 fully saturated rings. The number of rotatable bonds is 1. The molecule has 1 aromatic carbocycles. The number of aliphatic carboxylic acids is 1. The van der Waals surface area contributed by atoms with Gasteiger partial charge in [0.1, 0.15) is 0 Å². The largest absolute Gasteiger partial charge is 0.591 e. The first-order valence-electron chi connectivity index (χ1n) is 5.11. The Morgan fingerprint density at radius 2 is 1.75 bits per heavy atom. The summed E-state index contributed by atoms with van der Waals surface area (Å²) in [5, 5.41) is 7.24. The van der Waals surface area contributed by atoms with E-state index in [1.165, 1.54) is 0 Å². The van der Waals surface area contributed by atoms with Gasteiger partial charge < -0.3 is 14.9 Å². The van der Waals surface area contributed by atoms with Crippen LogP contribution in [-0.2, 0) is 20.1 Å². The number of nitrogens with zero attached hydrogens (tertiary/aromatic N) is 1. The molecular weight excluding hydrogens is 451 g/mol. The second kappa shape index (κ2) is 8.45. The molecule has 7 heteroatoms. The van der Waals surface area contributed by atoms with E-state index in [-0.39, 0.29) is 20.1 Å². The van der Waals surface area contributed by atoms with Crippen molar-refractivity contribution >= 4 is 5.97 Å². The number of benzene rings is 1. The molecule has 0 spiro atoms. The summed E-state index contributed by atoms with van der Waals surface area (Å²) in [5.41, 5.74) is 2.01. The van der Waals surface area contributed by atoms with Crippen molar-refractivity contribution in [2.75, 3.05) is 0 Å². The van der Waals surface area contributed by atoms with Crippen molar-refractivity contribution in [2.45, 2.75) is 6.18 Å². The summed E-state index contributed by atoms with van der Waals surface area (Å²) >= 11 is 0. The Hall–Kier alpha value is -1.72. The van der Waals surface area contributed by atoms with Gasteiger partial charge in [-0.2, -0.15) is 13.2 Å². The minimum Gasteiger partial charge on any atom is -0.332 e. The van der Waals surface area contributed by atoms with Gasteiger partial charge in [0.2, 0.25) is 0 Å². The first-order valence-corrected chi connectivity index (χ1v) is 5.11. The molecule has 1 heterocycles. The quantitative estimate of drug-likeness (QED) is 0.524. The number of pyridine rings is 1. The second-order valence-electron chi connectivity index (χ2n) is 3.31. The Morgan fingerprint density at radius 3 is 2.15 bits per heavy atom. The Kier molecular flexibility index (Phi) is 7.72. The summed E-state index contributed by atoms with van der Waals surface area (Å²) in [6, 6.07) is 16.8. The zero-order valence-corrected chi connectivity index (χ0v) is 12.3. The van der Waals surface area contributed by atoms with Crippen LogP contribution in [0.1, 0.15) is 0 Å². The predicted molar refractivity (Wildman–Crippen MR) is 64.1 cm³/mol. The van der Waals surface area contributed by atoms with E-state index < -0.39 is 12.1 Å². The fourth-order valence-corrected chi connectivity index (χ4v) is 1.07. The number of hydrogen-bond donors (Lipinski definition) is 1. The molecule has 0 aliphatic carbocycles. The van der Waals surface area contributed by atoms with Crippen LogP contribution >= 0.6 is 0 Å². The van der Waals surface area contributed by atoms with Crippen LogP contribution in [0.5, 0.6) is 0 Å². The number of aliphatic hydroxyl groups excluding tert-OH is 1. The van der Waals surface area contributed by atoms with Gasteiger partial charge in [0.25, 0.3) is 0 Å². The molecule has 2 N–H and O–H groups in total. The summed E-state index contributed by atoms with van der Waals surface area (Å²) in [7, 11) is 0. The van der Waals surface area contributed by atoms with Gasteiger partial charge in [-0.05, 0) is 11.8 Å². The van der Waals surface area contributed by atoms with E-state index in [1.807, 2.05) is 42.5 Å². The number of aromatic nitrogens is 1. The van der Waals surface area contributed by atoms with E-state index in [0.717, 1.165) is 11.3 Å². The Bertz CT molecular complexity index is 481. The molecule has 2 aromatic rings.